The molecule has 1 aromatic heterocycles. The summed E-state index contributed by atoms with van der Waals surface area (Å²) >= 11 is 1.34. The summed E-state index contributed by atoms with van der Waals surface area (Å²) in [6, 6.07) is 11.1. The molecule has 0 fully saturated rings. The van der Waals surface area contributed by atoms with E-state index in [2.05, 4.69) is 15.6 Å². The van der Waals surface area contributed by atoms with E-state index in [-0.39, 0.29) is 18.0 Å². The number of nitrogens with zero attached hydrogens (tertiary/aromatic N) is 1. The number of nitrogens with one attached hydrogen (secondary N) is 2. The zero-order valence-corrected chi connectivity index (χ0v) is 16.7. The fraction of sp³-hybridized carbons (Fsp3) is 0.300. The van der Waals surface area contributed by atoms with Gasteiger partial charge < -0.3 is 15.4 Å². The minimum atomic E-state index is -0.645. The second kappa shape index (κ2) is 11.1. The fourth-order valence-corrected chi connectivity index (χ4v) is 2.98. The number of carbonyl (C=O) groups excluding carboxylic acids is 3. The summed E-state index contributed by atoms with van der Waals surface area (Å²) in [5, 5.41) is 5.54. The average Bonchev–Trinajstić information content (AvgIpc) is 2.71. The number of carbonyl (C=O) groups is 3. The second-order valence-corrected chi connectivity index (χ2v) is 7.04. The van der Waals surface area contributed by atoms with Crippen molar-refractivity contribution in [3.05, 3.63) is 53.7 Å². The summed E-state index contributed by atoms with van der Waals surface area (Å²) in [6.45, 7) is 3.85. The van der Waals surface area contributed by atoms with E-state index in [1.807, 2.05) is 38.1 Å². The normalized spacial score (nSPS) is 10.2. The number of benzene rings is 1. The number of ether oxygens (including phenoxy) is 1. The number of esters is 1. The molecule has 28 heavy (non-hydrogen) atoms. The van der Waals surface area contributed by atoms with Crippen molar-refractivity contribution in [2.45, 2.75) is 30.2 Å². The third-order valence-electron chi connectivity index (χ3n) is 3.58. The Hall–Kier alpha value is -2.87. The van der Waals surface area contributed by atoms with Crippen LogP contribution >= 0.6 is 11.8 Å². The molecule has 148 valence electrons. The summed E-state index contributed by atoms with van der Waals surface area (Å²) in [6.07, 6.45) is 2.40. The van der Waals surface area contributed by atoms with Crippen molar-refractivity contribution in [3.8, 4) is 0 Å². The molecule has 0 aliphatic carbocycles. The van der Waals surface area contributed by atoms with Crippen LogP contribution < -0.4 is 10.6 Å². The molecule has 2 rings (SSSR count). The highest BCUT2D eigenvalue weighted by molar-refractivity contribution is 7.99. The van der Waals surface area contributed by atoms with Crippen molar-refractivity contribution in [1.29, 1.82) is 0 Å². The lowest BCUT2D eigenvalue weighted by molar-refractivity contribution is -0.127. The van der Waals surface area contributed by atoms with Crippen LogP contribution in [0.5, 0.6) is 0 Å². The van der Waals surface area contributed by atoms with Gasteiger partial charge in [-0.05, 0) is 37.6 Å². The number of aromatic nitrogens is 1. The number of amides is 2. The Labute approximate surface area is 168 Å². The molecule has 0 unspecified atom stereocenters. The van der Waals surface area contributed by atoms with Crippen molar-refractivity contribution < 1.29 is 19.1 Å². The van der Waals surface area contributed by atoms with Crippen molar-refractivity contribution in [2.24, 2.45) is 0 Å². The molecule has 0 atom stereocenters. The van der Waals surface area contributed by atoms with Crippen LogP contribution in [0.1, 0.15) is 29.3 Å². The second-order valence-electron chi connectivity index (χ2n) is 5.97. The SMILES string of the molecule is CCCNC(=O)CNC(=O)COC(=O)c1cccnc1Sc1ccc(C)cc1. The van der Waals surface area contributed by atoms with E-state index in [1.54, 1.807) is 18.3 Å². The summed E-state index contributed by atoms with van der Waals surface area (Å²) in [5.41, 5.74) is 1.42. The van der Waals surface area contributed by atoms with Gasteiger partial charge >= 0.3 is 5.97 Å². The van der Waals surface area contributed by atoms with Crippen molar-refractivity contribution in [1.82, 2.24) is 15.6 Å². The maximum Gasteiger partial charge on any atom is 0.341 e. The number of aryl methyl sites for hydroxylation is 1. The molecule has 0 aliphatic heterocycles. The fourth-order valence-electron chi connectivity index (χ4n) is 2.11. The molecule has 2 amide bonds. The van der Waals surface area contributed by atoms with Gasteiger partial charge in [-0.25, -0.2) is 9.78 Å². The molecule has 0 bridgehead atoms. The van der Waals surface area contributed by atoms with Gasteiger partial charge in [-0.15, -0.1) is 0 Å². The van der Waals surface area contributed by atoms with E-state index in [0.717, 1.165) is 16.9 Å². The number of pyridine rings is 1. The Morgan fingerprint density at radius 1 is 1.07 bits per heavy atom. The van der Waals surface area contributed by atoms with Crippen LogP contribution in [-0.2, 0) is 14.3 Å². The average molecular weight is 401 g/mol. The summed E-state index contributed by atoms with van der Waals surface area (Å²) < 4.78 is 5.06. The highest BCUT2D eigenvalue weighted by Crippen LogP contribution is 2.29. The largest absolute Gasteiger partial charge is 0.452 e. The van der Waals surface area contributed by atoms with Crippen LogP contribution in [0, 0.1) is 6.92 Å². The molecule has 1 heterocycles. The third kappa shape index (κ3) is 7.03. The lowest BCUT2D eigenvalue weighted by Gasteiger charge is -2.09. The molecule has 0 spiro atoms. The predicted molar refractivity (Wildman–Crippen MR) is 106 cm³/mol. The van der Waals surface area contributed by atoms with E-state index in [9.17, 15) is 14.4 Å². The zero-order chi connectivity index (χ0) is 20.4. The Morgan fingerprint density at radius 3 is 2.54 bits per heavy atom. The molecule has 0 saturated carbocycles. The molecular formula is C20H23N3O4S. The highest BCUT2D eigenvalue weighted by atomic mass is 32.2. The Kier molecular flexibility index (Phi) is 8.48. The van der Waals surface area contributed by atoms with Crippen molar-refractivity contribution in [2.75, 3.05) is 19.7 Å². The standard InChI is InChI=1S/C20H23N3O4S/c1-3-10-21-17(24)12-23-18(25)13-27-20(26)16-5-4-11-22-19(16)28-15-8-6-14(2)7-9-15/h4-9,11H,3,10,12-13H2,1-2H3,(H,21,24)(H,23,25). The van der Waals surface area contributed by atoms with Gasteiger partial charge in [0.15, 0.2) is 6.61 Å². The highest BCUT2D eigenvalue weighted by Gasteiger charge is 2.16. The van der Waals surface area contributed by atoms with Gasteiger partial charge in [0.25, 0.3) is 5.91 Å². The maximum atomic E-state index is 12.4. The van der Waals surface area contributed by atoms with Gasteiger partial charge in [0.05, 0.1) is 12.1 Å². The molecular weight excluding hydrogens is 378 g/mol. The number of hydrogen-bond donors (Lipinski definition) is 2. The van der Waals surface area contributed by atoms with E-state index in [1.165, 1.54) is 11.8 Å². The molecule has 0 radical (unpaired) electrons. The number of rotatable bonds is 9. The van der Waals surface area contributed by atoms with Gasteiger partial charge in [0.1, 0.15) is 5.03 Å². The smallest absolute Gasteiger partial charge is 0.341 e. The van der Waals surface area contributed by atoms with Gasteiger partial charge in [0.2, 0.25) is 5.91 Å². The molecule has 8 heteroatoms. The van der Waals surface area contributed by atoms with Crippen LogP contribution in [0.3, 0.4) is 0 Å². The Bertz CT molecular complexity index is 824. The minimum Gasteiger partial charge on any atom is -0.452 e. The van der Waals surface area contributed by atoms with Crippen molar-refractivity contribution >= 4 is 29.5 Å². The molecule has 0 saturated heterocycles. The molecule has 1 aromatic carbocycles. The summed E-state index contributed by atoms with van der Waals surface area (Å²) in [4.78, 5) is 40.8. The Balaban J connectivity index is 1.89. The molecule has 2 aromatic rings. The van der Waals surface area contributed by atoms with E-state index in [4.69, 9.17) is 4.74 Å². The van der Waals surface area contributed by atoms with E-state index < -0.39 is 18.5 Å². The summed E-state index contributed by atoms with van der Waals surface area (Å²) in [5.74, 6) is -1.48. The van der Waals surface area contributed by atoms with Gasteiger partial charge in [-0.3, -0.25) is 9.59 Å². The van der Waals surface area contributed by atoms with E-state index >= 15 is 0 Å². The first-order valence-corrected chi connectivity index (χ1v) is 9.71. The van der Waals surface area contributed by atoms with Crippen LogP contribution in [0.2, 0.25) is 0 Å². The molecule has 7 nitrogen and oxygen atoms in total. The molecule has 2 N–H and O–H groups in total. The van der Waals surface area contributed by atoms with Crippen LogP contribution in [0.15, 0.2) is 52.5 Å². The van der Waals surface area contributed by atoms with Gasteiger partial charge in [-0.2, -0.15) is 0 Å². The van der Waals surface area contributed by atoms with Gasteiger partial charge in [0, 0.05) is 17.6 Å². The van der Waals surface area contributed by atoms with Gasteiger partial charge in [-0.1, -0.05) is 36.4 Å². The first-order valence-electron chi connectivity index (χ1n) is 8.89. The number of hydrogen-bond acceptors (Lipinski definition) is 6. The third-order valence-corrected chi connectivity index (χ3v) is 4.61. The minimum absolute atomic E-state index is 0.155. The Morgan fingerprint density at radius 2 is 1.82 bits per heavy atom. The topological polar surface area (TPSA) is 97.4 Å². The lowest BCUT2D eigenvalue weighted by atomic mass is 10.2. The van der Waals surface area contributed by atoms with Crippen LogP contribution in [0.4, 0.5) is 0 Å². The monoisotopic (exact) mass is 401 g/mol. The maximum absolute atomic E-state index is 12.4. The lowest BCUT2D eigenvalue weighted by Crippen LogP contribution is -2.38. The first kappa shape index (κ1) is 21.4. The summed E-state index contributed by atoms with van der Waals surface area (Å²) in [7, 11) is 0. The van der Waals surface area contributed by atoms with Crippen LogP contribution in [-0.4, -0.2) is 42.5 Å². The zero-order valence-electron chi connectivity index (χ0n) is 15.9. The quantitative estimate of drug-likeness (QED) is 0.626. The van der Waals surface area contributed by atoms with Crippen molar-refractivity contribution in [3.63, 3.8) is 0 Å². The predicted octanol–water partition coefficient (Wildman–Crippen LogP) is 2.34. The molecule has 0 aliphatic rings. The van der Waals surface area contributed by atoms with E-state index in [0.29, 0.717) is 11.6 Å². The first-order chi connectivity index (χ1) is 13.5. The van der Waals surface area contributed by atoms with Crippen LogP contribution in [0.25, 0.3) is 0 Å².